The molecule has 0 heterocycles. The van der Waals surface area contributed by atoms with Crippen LogP contribution in [-0.2, 0) is 0 Å². The molecule has 0 aliphatic carbocycles. The Kier molecular flexibility index (Phi) is 49.5. The lowest BCUT2D eigenvalue weighted by atomic mass is 9.97. The number of hydrogen-bond donors (Lipinski definition) is 0. The second-order valence-electron chi connectivity index (χ2n) is 17.8. The van der Waals surface area contributed by atoms with Crippen molar-refractivity contribution in [2.75, 3.05) is 0 Å². The van der Waals surface area contributed by atoms with Crippen molar-refractivity contribution in [3.8, 4) is 0 Å². The molecule has 0 aliphatic rings. The predicted molar refractivity (Wildman–Crippen MR) is 251 cm³/mol. The van der Waals surface area contributed by atoms with Crippen LogP contribution in [0, 0.1) is 0 Å². The topological polar surface area (TPSA) is 0 Å². The molecule has 0 unspecified atom stereocenters. The fourth-order valence-corrected chi connectivity index (χ4v) is 8.50. The quantitative estimate of drug-likeness (QED) is 0.0429. The monoisotopic (exact) mass is 753 g/mol. The first-order chi connectivity index (χ1) is 26.8. The molecule has 0 rings (SSSR count). The molecule has 54 heavy (non-hydrogen) atoms. The molecule has 0 heteroatoms. The number of rotatable bonds is 49. The second kappa shape index (κ2) is 50.2. The van der Waals surface area contributed by atoms with Gasteiger partial charge in [-0.05, 0) is 64.2 Å². The van der Waals surface area contributed by atoms with E-state index in [4.69, 9.17) is 0 Å². The zero-order chi connectivity index (χ0) is 38.9. The van der Waals surface area contributed by atoms with Crippen molar-refractivity contribution in [3.63, 3.8) is 0 Å². The minimum Gasteiger partial charge on any atom is -0.103 e. The summed E-state index contributed by atoms with van der Waals surface area (Å²) in [6, 6.07) is 0. The molecule has 0 aromatic carbocycles. The first-order valence-corrected chi connectivity index (χ1v) is 25.7. The van der Waals surface area contributed by atoms with E-state index in [-0.39, 0.29) is 0 Å². The van der Waals surface area contributed by atoms with Crippen molar-refractivity contribution < 1.29 is 0 Å². The van der Waals surface area contributed by atoms with Crippen molar-refractivity contribution in [1.29, 1.82) is 0 Å². The van der Waals surface area contributed by atoms with Crippen LogP contribution in [0.25, 0.3) is 0 Å². The maximum absolute atomic E-state index is 3.84. The fraction of sp³-hybridized carbons (Fsp3) is 0.889. The van der Waals surface area contributed by atoms with Gasteiger partial charge in [-0.3, -0.25) is 0 Å². The van der Waals surface area contributed by atoms with Gasteiger partial charge in [-0.15, -0.1) is 13.2 Å². The Balaban J connectivity index is 4.01. The number of hydrogen-bond acceptors (Lipinski definition) is 0. The van der Waals surface area contributed by atoms with E-state index in [1.807, 2.05) is 5.57 Å². The highest BCUT2D eigenvalue weighted by molar-refractivity contribution is 5.02. The minimum atomic E-state index is 1.20. The number of allylic oxidation sites excluding steroid dienone is 4. The molecule has 0 saturated heterocycles. The van der Waals surface area contributed by atoms with E-state index in [1.54, 1.807) is 0 Å². The maximum Gasteiger partial charge on any atom is -0.0320 e. The third-order valence-corrected chi connectivity index (χ3v) is 12.3. The van der Waals surface area contributed by atoms with Crippen molar-refractivity contribution in [2.45, 2.75) is 309 Å². The van der Waals surface area contributed by atoms with Gasteiger partial charge in [0.15, 0.2) is 0 Å². The van der Waals surface area contributed by atoms with E-state index in [9.17, 15) is 0 Å². The van der Waals surface area contributed by atoms with Crippen LogP contribution in [0.15, 0.2) is 37.0 Å². The molecule has 0 bridgehead atoms. The van der Waals surface area contributed by atoms with E-state index in [2.05, 4.69) is 38.3 Å². The average Bonchev–Trinajstić information content (AvgIpc) is 3.18. The van der Waals surface area contributed by atoms with Crippen LogP contribution in [-0.4, -0.2) is 0 Å². The summed E-state index contributed by atoms with van der Waals surface area (Å²) in [7, 11) is 0. The van der Waals surface area contributed by atoms with Crippen molar-refractivity contribution in [3.05, 3.63) is 37.0 Å². The molecule has 0 radical (unpaired) electrons. The van der Waals surface area contributed by atoms with E-state index < -0.39 is 0 Å². The Morgan fingerprint density at radius 2 is 0.463 bits per heavy atom. The summed E-state index contributed by atoms with van der Waals surface area (Å²) >= 11 is 0. The number of unbranched alkanes of at least 4 members (excludes halogenated alkanes) is 42. The van der Waals surface area contributed by atoms with Gasteiger partial charge in [0.05, 0.1) is 0 Å². The van der Waals surface area contributed by atoms with E-state index in [1.165, 1.54) is 302 Å². The van der Waals surface area contributed by atoms with Crippen LogP contribution in [0.1, 0.15) is 309 Å². The second-order valence-corrected chi connectivity index (χ2v) is 17.8. The Hall–Kier alpha value is -0.780. The molecule has 0 aromatic rings. The van der Waals surface area contributed by atoms with Gasteiger partial charge < -0.3 is 0 Å². The summed E-state index contributed by atoms with van der Waals surface area (Å²) in [5.41, 5.74) is 1.82. The van der Waals surface area contributed by atoms with Crippen LogP contribution in [0.3, 0.4) is 0 Å². The first-order valence-electron chi connectivity index (χ1n) is 25.7. The lowest BCUT2D eigenvalue weighted by molar-refractivity contribution is 0.528. The highest BCUT2D eigenvalue weighted by Crippen LogP contribution is 2.22. The standard InChI is InChI=1S/C54H104/c1-4-7-10-13-16-19-22-25-28-30-32-35-38-41-44-47-50-53-54(51-48-45-42-39-36-33-27-24-21-18-15-12-9-6-3)52-49-46-43-40-37-34-31-29-26-23-20-17-14-11-8-5-2/h5-6,53H,2-4,7-52H2,1H3. The van der Waals surface area contributed by atoms with Crippen LogP contribution < -0.4 is 0 Å². The molecule has 320 valence electrons. The SMILES string of the molecule is C=CCCCCCCCCCCCCCCCCC(=CCCCCCCCCCCCCCCCCCC)CCCCCCCCCCCCCCC=C. The Morgan fingerprint density at radius 3 is 0.704 bits per heavy atom. The Bertz CT molecular complexity index is 714. The molecule has 0 atom stereocenters. The van der Waals surface area contributed by atoms with Crippen molar-refractivity contribution >= 4 is 0 Å². The minimum absolute atomic E-state index is 1.20. The zero-order valence-corrected chi connectivity index (χ0v) is 37.9. The summed E-state index contributed by atoms with van der Waals surface area (Å²) in [5, 5.41) is 0. The first kappa shape index (κ1) is 53.2. The van der Waals surface area contributed by atoms with Gasteiger partial charge in [0.1, 0.15) is 0 Å². The molecule has 0 spiro atoms. The molecular formula is C54H104. The van der Waals surface area contributed by atoms with Crippen LogP contribution in [0.5, 0.6) is 0 Å². The molecule has 0 N–H and O–H groups in total. The van der Waals surface area contributed by atoms with Gasteiger partial charge in [0, 0.05) is 0 Å². The highest BCUT2D eigenvalue weighted by atomic mass is 14.1. The molecule has 0 aromatic heterocycles. The van der Waals surface area contributed by atoms with Gasteiger partial charge >= 0.3 is 0 Å². The Labute approximate surface area is 344 Å². The molecule has 0 aliphatic heterocycles. The smallest absolute Gasteiger partial charge is 0.0320 e. The normalized spacial score (nSPS) is 11.8. The van der Waals surface area contributed by atoms with Crippen molar-refractivity contribution in [1.82, 2.24) is 0 Å². The molecule has 0 saturated carbocycles. The predicted octanol–water partition coefficient (Wildman–Crippen LogP) is 20.6. The lowest BCUT2D eigenvalue weighted by Gasteiger charge is -2.09. The third-order valence-electron chi connectivity index (χ3n) is 12.3. The van der Waals surface area contributed by atoms with Gasteiger partial charge in [-0.25, -0.2) is 0 Å². The van der Waals surface area contributed by atoms with E-state index >= 15 is 0 Å². The third kappa shape index (κ3) is 47.4. The largest absolute Gasteiger partial charge is 0.103 e. The highest BCUT2D eigenvalue weighted by Gasteiger charge is 2.02. The van der Waals surface area contributed by atoms with Gasteiger partial charge in [-0.2, -0.15) is 0 Å². The van der Waals surface area contributed by atoms with Crippen LogP contribution in [0.4, 0.5) is 0 Å². The summed E-state index contributed by atoms with van der Waals surface area (Å²) in [6.45, 7) is 9.99. The summed E-state index contributed by atoms with van der Waals surface area (Å²) < 4.78 is 0. The molecule has 0 fully saturated rings. The average molecular weight is 753 g/mol. The zero-order valence-electron chi connectivity index (χ0n) is 37.9. The van der Waals surface area contributed by atoms with Gasteiger partial charge in [0.2, 0.25) is 0 Å². The summed E-state index contributed by atoms with van der Waals surface area (Å²) in [6.07, 6.45) is 74.4. The van der Waals surface area contributed by atoms with E-state index in [0.717, 1.165) is 0 Å². The van der Waals surface area contributed by atoms with Crippen LogP contribution >= 0.6 is 0 Å². The molecule has 0 amide bonds. The van der Waals surface area contributed by atoms with Gasteiger partial charge in [-0.1, -0.05) is 268 Å². The molecular weight excluding hydrogens is 649 g/mol. The fourth-order valence-electron chi connectivity index (χ4n) is 8.50. The molecule has 0 nitrogen and oxygen atoms in total. The van der Waals surface area contributed by atoms with Crippen molar-refractivity contribution in [2.24, 2.45) is 0 Å². The maximum atomic E-state index is 3.84. The lowest BCUT2D eigenvalue weighted by Crippen LogP contribution is -1.89. The van der Waals surface area contributed by atoms with Crippen LogP contribution in [0.2, 0.25) is 0 Å². The summed E-state index contributed by atoms with van der Waals surface area (Å²) in [5.74, 6) is 0. The van der Waals surface area contributed by atoms with E-state index in [0.29, 0.717) is 0 Å². The van der Waals surface area contributed by atoms with Gasteiger partial charge in [0.25, 0.3) is 0 Å². The summed E-state index contributed by atoms with van der Waals surface area (Å²) in [4.78, 5) is 0. The Morgan fingerprint density at radius 1 is 0.259 bits per heavy atom.